The summed E-state index contributed by atoms with van der Waals surface area (Å²) in [7, 11) is 0. The molecule has 0 saturated heterocycles. The van der Waals surface area contributed by atoms with Gasteiger partial charge in [-0.15, -0.1) is 0 Å². The van der Waals surface area contributed by atoms with Gasteiger partial charge in [-0.25, -0.2) is 4.98 Å². The van der Waals surface area contributed by atoms with Gasteiger partial charge in [-0.2, -0.15) is 0 Å². The second-order valence-corrected chi connectivity index (χ2v) is 8.13. The topological polar surface area (TPSA) is 17.8 Å². The first-order valence-electron chi connectivity index (χ1n) is 9.75. The van der Waals surface area contributed by atoms with Gasteiger partial charge < -0.3 is 0 Å². The number of aromatic nitrogens is 2. The Morgan fingerprint density at radius 2 is 1.46 bits per heavy atom. The number of benzene rings is 3. The molecule has 3 aromatic carbocycles. The highest BCUT2D eigenvalue weighted by molar-refractivity contribution is 6.11. The van der Waals surface area contributed by atoms with Crippen molar-refractivity contribution < 1.29 is 0 Å². The minimum atomic E-state index is -0.00842. The van der Waals surface area contributed by atoms with Gasteiger partial charge in [-0.3, -0.25) is 4.57 Å². The summed E-state index contributed by atoms with van der Waals surface area (Å²) < 4.78 is 2.30. The second-order valence-electron chi connectivity index (χ2n) is 8.13. The quantitative estimate of drug-likeness (QED) is 0.334. The number of hydrogen-bond donors (Lipinski definition) is 0. The van der Waals surface area contributed by atoms with Gasteiger partial charge in [-0.1, -0.05) is 62.4 Å². The van der Waals surface area contributed by atoms with Crippen molar-refractivity contribution in [2.75, 3.05) is 0 Å². The van der Waals surface area contributed by atoms with Crippen molar-refractivity contribution in [3.63, 3.8) is 0 Å². The fraction of sp³-hybridized carbons (Fsp3) is 0.115. The zero-order valence-electron chi connectivity index (χ0n) is 16.0. The lowest BCUT2D eigenvalue weighted by molar-refractivity contribution is 0.661. The van der Waals surface area contributed by atoms with Gasteiger partial charge in [0, 0.05) is 22.4 Å². The van der Waals surface area contributed by atoms with E-state index in [-0.39, 0.29) is 5.41 Å². The zero-order chi connectivity index (χ0) is 18.9. The van der Waals surface area contributed by atoms with E-state index in [4.69, 9.17) is 0 Å². The van der Waals surface area contributed by atoms with Crippen LogP contribution in [0.3, 0.4) is 0 Å². The zero-order valence-corrected chi connectivity index (χ0v) is 16.0. The molecular weight excluding hydrogens is 340 g/mol. The Morgan fingerprint density at radius 3 is 2.32 bits per heavy atom. The third kappa shape index (κ3) is 1.90. The Labute approximate surface area is 164 Å². The minimum absolute atomic E-state index is 0.00842. The van der Waals surface area contributed by atoms with Crippen LogP contribution < -0.4 is 0 Å². The van der Waals surface area contributed by atoms with Crippen molar-refractivity contribution in [3.8, 4) is 16.9 Å². The third-order valence-corrected chi connectivity index (χ3v) is 6.25. The van der Waals surface area contributed by atoms with Crippen molar-refractivity contribution in [1.82, 2.24) is 9.55 Å². The first-order chi connectivity index (χ1) is 13.7. The Balaban J connectivity index is 1.79. The summed E-state index contributed by atoms with van der Waals surface area (Å²) in [6.07, 6.45) is 1.86. The molecule has 0 N–H and O–H groups in total. The fourth-order valence-electron chi connectivity index (χ4n) is 4.90. The van der Waals surface area contributed by atoms with Crippen LogP contribution in [0.4, 0.5) is 0 Å². The van der Waals surface area contributed by atoms with Crippen LogP contribution in [-0.4, -0.2) is 9.55 Å². The summed E-state index contributed by atoms with van der Waals surface area (Å²) >= 11 is 0. The molecule has 0 spiro atoms. The van der Waals surface area contributed by atoms with Gasteiger partial charge in [0.1, 0.15) is 5.82 Å². The van der Waals surface area contributed by atoms with E-state index < -0.39 is 0 Å². The van der Waals surface area contributed by atoms with E-state index in [1.165, 1.54) is 44.1 Å². The van der Waals surface area contributed by atoms with Crippen LogP contribution in [0, 0.1) is 0 Å². The highest BCUT2D eigenvalue weighted by Crippen LogP contribution is 2.50. The third-order valence-electron chi connectivity index (χ3n) is 6.25. The number of para-hydroxylation sites is 1. The van der Waals surface area contributed by atoms with Crippen molar-refractivity contribution in [2.24, 2.45) is 0 Å². The maximum Gasteiger partial charge on any atom is 0.137 e. The van der Waals surface area contributed by atoms with Crippen LogP contribution in [-0.2, 0) is 5.41 Å². The van der Waals surface area contributed by atoms with E-state index in [9.17, 15) is 0 Å². The van der Waals surface area contributed by atoms with E-state index in [0.717, 1.165) is 5.82 Å². The molecule has 28 heavy (non-hydrogen) atoms. The normalized spacial score (nSPS) is 14.4. The SMILES string of the molecule is CC1(C)c2ccccc2-c2cc3c4ccccc4n(-c4ccccn4)c3cc21. The number of fused-ring (bicyclic) bond motifs is 6. The van der Waals surface area contributed by atoms with Gasteiger partial charge >= 0.3 is 0 Å². The monoisotopic (exact) mass is 360 g/mol. The van der Waals surface area contributed by atoms with E-state index in [2.05, 4.69) is 96.2 Å². The van der Waals surface area contributed by atoms with E-state index >= 15 is 0 Å². The molecule has 2 nitrogen and oxygen atoms in total. The number of rotatable bonds is 1. The summed E-state index contributed by atoms with van der Waals surface area (Å²) in [4.78, 5) is 4.65. The first kappa shape index (κ1) is 15.6. The van der Waals surface area contributed by atoms with Crippen LogP contribution in [0.5, 0.6) is 0 Å². The van der Waals surface area contributed by atoms with E-state index in [1.54, 1.807) is 0 Å². The molecule has 134 valence electrons. The molecule has 0 saturated carbocycles. The van der Waals surface area contributed by atoms with E-state index in [0.29, 0.717) is 0 Å². The fourth-order valence-corrected chi connectivity index (χ4v) is 4.90. The molecule has 2 heterocycles. The summed E-state index contributed by atoms with van der Waals surface area (Å²) in [6.45, 7) is 4.66. The lowest BCUT2D eigenvalue weighted by atomic mass is 9.82. The summed E-state index contributed by atoms with van der Waals surface area (Å²) in [5.74, 6) is 0.960. The molecule has 2 aromatic heterocycles. The molecule has 1 aliphatic carbocycles. The molecule has 0 aliphatic heterocycles. The predicted molar refractivity (Wildman–Crippen MR) is 116 cm³/mol. The molecule has 0 radical (unpaired) electrons. The van der Waals surface area contributed by atoms with Crippen LogP contribution in [0.2, 0.25) is 0 Å². The molecular formula is C26H20N2. The maximum atomic E-state index is 4.65. The van der Waals surface area contributed by atoms with Crippen molar-refractivity contribution in [2.45, 2.75) is 19.3 Å². The molecule has 0 amide bonds. The predicted octanol–water partition coefficient (Wildman–Crippen LogP) is 6.49. The molecule has 0 fully saturated rings. The maximum absolute atomic E-state index is 4.65. The van der Waals surface area contributed by atoms with Crippen LogP contribution in [0.25, 0.3) is 38.8 Å². The summed E-state index contributed by atoms with van der Waals surface area (Å²) in [5.41, 5.74) is 7.93. The Morgan fingerprint density at radius 1 is 0.679 bits per heavy atom. The summed E-state index contributed by atoms with van der Waals surface area (Å²) in [5, 5.41) is 2.56. The first-order valence-corrected chi connectivity index (χ1v) is 9.75. The highest BCUT2D eigenvalue weighted by atomic mass is 15.1. The van der Waals surface area contributed by atoms with Crippen LogP contribution in [0.1, 0.15) is 25.0 Å². The van der Waals surface area contributed by atoms with Crippen LogP contribution in [0.15, 0.2) is 85.1 Å². The van der Waals surface area contributed by atoms with Gasteiger partial charge in [0.05, 0.1) is 11.0 Å². The average Bonchev–Trinajstić information content (AvgIpc) is 3.17. The molecule has 0 unspecified atom stereocenters. The number of pyridine rings is 1. The van der Waals surface area contributed by atoms with E-state index in [1.807, 2.05) is 12.3 Å². The Bertz CT molecular complexity index is 1370. The second kappa shape index (κ2) is 5.32. The Hall–Kier alpha value is -3.39. The number of nitrogens with zero attached hydrogens (tertiary/aromatic N) is 2. The number of hydrogen-bond acceptors (Lipinski definition) is 1. The molecule has 0 bridgehead atoms. The van der Waals surface area contributed by atoms with Gasteiger partial charge in [-0.05, 0) is 52.6 Å². The standard InChI is InChI=1S/C26H20N2/c1-26(2)21-11-5-3-9-17(21)19-15-20-18-10-4-6-12-23(18)28(24(20)16-22(19)26)25-13-7-8-14-27-25/h3-16H,1-2H3. The smallest absolute Gasteiger partial charge is 0.137 e. The van der Waals surface area contributed by atoms with Crippen LogP contribution >= 0.6 is 0 Å². The van der Waals surface area contributed by atoms with Crippen molar-refractivity contribution >= 4 is 21.8 Å². The molecule has 5 aromatic rings. The van der Waals surface area contributed by atoms with Gasteiger partial charge in [0.25, 0.3) is 0 Å². The minimum Gasteiger partial charge on any atom is -0.294 e. The largest absolute Gasteiger partial charge is 0.294 e. The molecule has 2 heteroatoms. The van der Waals surface area contributed by atoms with Crippen molar-refractivity contribution in [3.05, 3.63) is 96.2 Å². The molecule has 1 aliphatic rings. The van der Waals surface area contributed by atoms with Gasteiger partial charge in [0.2, 0.25) is 0 Å². The average molecular weight is 360 g/mol. The molecule has 0 atom stereocenters. The molecule has 6 rings (SSSR count). The summed E-state index contributed by atoms with van der Waals surface area (Å²) in [6, 6.07) is 28.3. The highest BCUT2D eigenvalue weighted by Gasteiger charge is 2.36. The lowest BCUT2D eigenvalue weighted by Gasteiger charge is -2.21. The Kier molecular flexibility index (Phi) is 2.98. The lowest BCUT2D eigenvalue weighted by Crippen LogP contribution is -2.15. The van der Waals surface area contributed by atoms with Crippen molar-refractivity contribution in [1.29, 1.82) is 0 Å². The van der Waals surface area contributed by atoms with Gasteiger partial charge in [0.15, 0.2) is 0 Å².